The van der Waals surface area contributed by atoms with Crippen molar-refractivity contribution in [3.63, 3.8) is 0 Å². The largest absolute Gasteiger partial charge is 0.456 e. The van der Waals surface area contributed by atoms with Gasteiger partial charge in [0.2, 0.25) is 5.71 Å². The summed E-state index contributed by atoms with van der Waals surface area (Å²) in [5.74, 6) is 5.66. The topological polar surface area (TPSA) is 194 Å². The lowest BCUT2D eigenvalue weighted by atomic mass is 9.71. The molecule has 0 saturated carbocycles. The van der Waals surface area contributed by atoms with Crippen LogP contribution in [0.4, 0.5) is 0 Å². The lowest BCUT2D eigenvalue weighted by molar-refractivity contribution is 0.640. The molecule has 4 aliphatic carbocycles. The summed E-state index contributed by atoms with van der Waals surface area (Å²) in [6, 6.07) is 136. The summed E-state index contributed by atoms with van der Waals surface area (Å²) in [6.45, 7) is 9.16. The Kier molecular flexibility index (Phi) is 19.2. The van der Waals surface area contributed by atoms with Gasteiger partial charge >= 0.3 is 0 Å². The number of benzene rings is 16. The van der Waals surface area contributed by atoms with Crippen LogP contribution >= 0.6 is 0 Å². The van der Waals surface area contributed by atoms with Crippen molar-refractivity contribution in [2.45, 2.75) is 43.9 Å². The summed E-state index contributed by atoms with van der Waals surface area (Å²) >= 11 is 0. The van der Waals surface area contributed by atoms with E-state index >= 15 is 0 Å². The van der Waals surface area contributed by atoms with E-state index in [1.54, 1.807) is 0 Å². The molecule has 0 unspecified atom stereocenters. The lowest BCUT2D eigenvalue weighted by Gasteiger charge is -2.30. The molecule has 9 aromatic heterocycles. The van der Waals surface area contributed by atoms with Crippen molar-refractivity contribution in [1.82, 2.24) is 59.8 Å². The van der Waals surface area contributed by atoms with Crippen molar-refractivity contribution >= 4 is 65.9 Å². The van der Waals surface area contributed by atoms with Gasteiger partial charge < -0.3 is 13.3 Å². The maximum Gasteiger partial charge on any atom is 0.227 e. The third kappa shape index (κ3) is 13.5. The van der Waals surface area contributed by atoms with Gasteiger partial charge in [-0.2, -0.15) is 0 Å². The average Bonchev–Trinajstić information content (AvgIpc) is 1.50. The van der Waals surface area contributed by atoms with Crippen molar-refractivity contribution in [3.8, 4) is 169 Å². The van der Waals surface area contributed by atoms with Gasteiger partial charge in [-0.1, -0.05) is 361 Å². The fraction of sp³-hybridized carbons (Fsp3) is 0.0551. The number of pyridine rings is 3. The zero-order chi connectivity index (χ0) is 94.5. The minimum Gasteiger partial charge on any atom is -0.456 e. The molecular weight excluding hydrogens is 1740 g/mol. The molecule has 0 N–H and O–H groups in total. The molecule has 0 amide bonds. The fourth-order valence-electron chi connectivity index (χ4n) is 22.1. The molecule has 142 heavy (non-hydrogen) atoms. The molecule has 0 radical (unpaired) electrons. The molecule has 29 rings (SSSR count). The standard InChI is InChI=1S/C45H26N4O.2C41H28N4O/c1-3-13-27(14-4-1)42-47-43(28-15-5-2-6-16-28)49-44(48-42)34-25-46-26-38-41(34)33-23-32-31-19-9-12-22-39(31)50-40(32)24-37(33)45(38)35-20-10-7-17-29(35)30-18-8-11-21-36(30)45;1-41(2)34-19-10-9-18-30(34)31-22-32-33-21-29(24-42-40(33)46-36(32)23-35(31)41)27-16-11-17-28(20-27)39-44-37(25-12-5-3-6-13-25)43-38(45-39)26-14-7-4-8-15-26;1-41(2)34-22-36-31(29-15-9-10-16-35(29)46-36)21-30(34)33-24-42-23-32(37(33)41)25-17-19-28(20-18-25)40-44-38(26-11-5-3-6-12-26)43-39(45-40)27-13-7-4-8-14-27/h1-26H;2*3-24H,1-2H3. The molecule has 0 aliphatic heterocycles. The highest BCUT2D eigenvalue weighted by Gasteiger charge is 2.53. The predicted molar refractivity (Wildman–Crippen MR) is 566 cm³/mol. The molecule has 0 saturated heterocycles. The Bertz CT molecular complexity index is 9200. The van der Waals surface area contributed by atoms with Gasteiger partial charge in [-0.3, -0.25) is 9.97 Å². The number of hydrogen-bond donors (Lipinski definition) is 0. The zero-order valence-electron chi connectivity index (χ0n) is 77.5. The van der Waals surface area contributed by atoms with E-state index in [1.165, 1.54) is 72.3 Å². The van der Waals surface area contributed by atoms with Crippen LogP contribution in [0.1, 0.15) is 72.2 Å². The van der Waals surface area contributed by atoms with Crippen LogP contribution in [0.25, 0.3) is 235 Å². The van der Waals surface area contributed by atoms with Gasteiger partial charge in [0.1, 0.15) is 27.9 Å². The normalized spacial score (nSPS) is 13.2. The molecule has 16 aromatic carbocycles. The molecular formula is C127H82N12O3. The van der Waals surface area contributed by atoms with Gasteiger partial charge in [0.15, 0.2) is 52.4 Å². The van der Waals surface area contributed by atoms with Crippen LogP contribution in [0, 0.1) is 0 Å². The quantitative estimate of drug-likeness (QED) is 0.119. The van der Waals surface area contributed by atoms with Crippen molar-refractivity contribution in [3.05, 3.63) is 470 Å². The Balaban J connectivity index is 0.000000107. The Hall–Kier alpha value is -18.6. The molecule has 15 heteroatoms. The van der Waals surface area contributed by atoms with Crippen LogP contribution in [0.5, 0.6) is 0 Å². The van der Waals surface area contributed by atoms with E-state index in [-0.39, 0.29) is 10.8 Å². The molecule has 25 aromatic rings. The maximum atomic E-state index is 6.55. The molecule has 15 nitrogen and oxygen atoms in total. The van der Waals surface area contributed by atoms with Crippen LogP contribution in [0.2, 0.25) is 0 Å². The Labute approximate surface area is 816 Å². The van der Waals surface area contributed by atoms with Gasteiger partial charge in [0.05, 0.1) is 5.41 Å². The smallest absolute Gasteiger partial charge is 0.227 e. The van der Waals surface area contributed by atoms with E-state index in [9.17, 15) is 0 Å². The van der Waals surface area contributed by atoms with Crippen LogP contribution < -0.4 is 0 Å². The van der Waals surface area contributed by atoms with E-state index in [1.807, 2.05) is 243 Å². The summed E-state index contributed by atoms with van der Waals surface area (Å²) < 4.78 is 19.2. The molecule has 0 atom stereocenters. The fourth-order valence-corrected chi connectivity index (χ4v) is 22.1. The number of furan rings is 3. The Morgan fingerprint density at radius 2 is 0.535 bits per heavy atom. The van der Waals surface area contributed by atoms with Gasteiger partial charge in [-0.15, -0.1) is 0 Å². The van der Waals surface area contributed by atoms with Gasteiger partial charge in [-0.05, 0) is 150 Å². The van der Waals surface area contributed by atoms with Gasteiger partial charge in [-0.25, -0.2) is 49.8 Å². The van der Waals surface area contributed by atoms with E-state index in [2.05, 4.69) is 210 Å². The summed E-state index contributed by atoms with van der Waals surface area (Å²) in [6.07, 6.45) is 9.86. The summed E-state index contributed by atoms with van der Waals surface area (Å²) in [7, 11) is 0. The molecule has 4 aliphatic rings. The van der Waals surface area contributed by atoms with Crippen molar-refractivity contribution in [2.24, 2.45) is 0 Å². The summed E-state index contributed by atoms with van der Waals surface area (Å²) in [4.78, 5) is 59.2. The molecule has 668 valence electrons. The third-order valence-corrected chi connectivity index (χ3v) is 28.8. The highest BCUT2D eigenvalue weighted by atomic mass is 16.3. The van der Waals surface area contributed by atoms with Crippen molar-refractivity contribution < 1.29 is 13.3 Å². The molecule has 9 heterocycles. The van der Waals surface area contributed by atoms with E-state index in [4.69, 9.17) is 73.1 Å². The lowest BCUT2D eigenvalue weighted by Crippen LogP contribution is -2.26. The Morgan fingerprint density at radius 1 is 0.183 bits per heavy atom. The Morgan fingerprint density at radius 3 is 1.04 bits per heavy atom. The first kappa shape index (κ1) is 82.8. The molecule has 1 spiro atoms. The maximum absolute atomic E-state index is 6.55. The molecule has 0 bridgehead atoms. The summed E-state index contributed by atoms with van der Waals surface area (Å²) in [5.41, 5.74) is 36.3. The molecule has 0 fully saturated rings. The number of rotatable bonds is 11. The van der Waals surface area contributed by atoms with Crippen molar-refractivity contribution in [1.29, 1.82) is 0 Å². The second-order valence-corrected chi connectivity index (χ2v) is 37.7. The second-order valence-electron chi connectivity index (χ2n) is 37.7. The third-order valence-electron chi connectivity index (χ3n) is 28.8. The minimum absolute atomic E-state index is 0.0894. The minimum atomic E-state index is -0.606. The first-order valence-corrected chi connectivity index (χ1v) is 47.7. The summed E-state index contributed by atoms with van der Waals surface area (Å²) in [5, 5.41) is 6.51. The zero-order valence-corrected chi connectivity index (χ0v) is 77.5. The number of nitrogens with zero attached hydrogens (tertiary/aromatic N) is 12. The van der Waals surface area contributed by atoms with Crippen LogP contribution in [0.15, 0.2) is 439 Å². The first-order valence-electron chi connectivity index (χ1n) is 47.7. The SMILES string of the molecule is CC1(C)c2cc3oc4ccccc4c3cc2-c2cncc(-c3ccc(-c4nc(-c5ccccc5)nc(-c5ccccc5)n4)cc3)c21.CC1(C)c2ccccc2-c2cc3c(cc21)oc1ncc(-c2cccc(-c4nc(-c5ccccc5)nc(-c5ccccc5)n4)c2)cc13.c1ccc(-c2nc(-c3ccccc3)nc(-c3cncc4c3-c3cc5c(cc3C43c4ccccc4-c4ccccc43)oc3ccccc35)n2)cc1. The predicted octanol–water partition coefficient (Wildman–Crippen LogP) is 30.8. The van der Waals surface area contributed by atoms with Crippen LogP contribution in [0.3, 0.4) is 0 Å². The number of hydrogen-bond acceptors (Lipinski definition) is 15. The van der Waals surface area contributed by atoms with Crippen LogP contribution in [-0.2, 0) is 16.2 Å². The number of aromatic nitrogens is 12. The van der Waals surface area contributed by atoms with Crippen LogP contribution in [-0.4, -0.2) is 59.8 Å². The number of fused-ring (bicyclic) bond motifs is 25. The highest BCUT2D eigenvalue weighted by Crippen LogP contribution is 2.65. The first-order chi connectivity index (χ1) is 69.9. The van der Waals surface area contributed by atoms with E-state index in [0.717, 1.165) is 149 Å². The van der Waals surface area contributed by atoms with Gasteiger partial charge in [0.25, 0.3) is 0 Å². The highest BCUT2D eigenvalue weighted by molar-refractivity contribution is 6.12. The van der Waals surface area contributed by atoms with Gasteiger partial charge in [0, 0.05) is 146 Å². The van der Waals surface area contributed by atoms with E-state index < -0.39 is 5.41 Å². The van der Waals surface area contributed by atoms with Crippen molar-refractivity contribution in [2.75, 3.05) is 0 Å². The number of para-hydroxylation sites is 2. The average molecular weight is 1820 g/mol. The monoisotopic (exact) mass is 1820 g/mol. The second kappa shape index (κ2) is 32.8. The van der Waals surface area contributed by atoms with E-state index in [0.29, 0.717) is 58.1 Å².